The van der Waals surface area contributed by atoms with E-state index in [0.717, 1.165) is 18.2 Å². The SMILES string of the molecule is O=C(NCCCn1ccnc1)Nc1cc([N+](=O)[O-])ccc1OC(F)F. The van der Waals surface area contributed by atoms with Crippen molar-refractivity contribution in [1.82, 2.24) is 14.9 Å². The van der Waals surface area contributed by atoms with Crippen molar-refractivity contribution in [1.29, 1.82) is 0 Å². The van der Waals surface area contributed by atoms with Crippen LogP contribution in [0.15, 0.2) is 36.9 Å². The quantitative estimate of drug-likeness (QED) is 0.429. The molecule has 0 saturated heterocycles. The molecule has 1 aromatic heterocycles. The second kappa shape index (κ2) is 8.57. The van der Waals surface area contributed by atoms with Gasteiger partial charge >= 0.3 is 12.6 Å². The number of non-ortho nitro benzene ring substituents is 1. The van der Waals surface area contributed by atoms with Crippen LogP contribution in [-0.4, -0.2) is 33.7 Å². The standard InChI is InChI=1S/C14H15F2N5O4/c15-13(16)25-12-3-2-10(21(23)24)8-11(12)19-14(22)18-4-1-6-20-7-5-17-9-20/h2-3,5,7-9,13H,1,4,6H2,(H2,18,19,22). The summed E-state index contributed by atoms with van der Waals surface area (Å²) in [7, 11) is 0. The molecule has 0 fully saturated rings. The Bertz CT molecular complexity index is 724. The first-order chi connectivity index (χ1) is 12.0. The van der Waals surface area contributed by atoms with E-state index in [1.807, 2.05) is 4.57 Å². The van der Waals surface area contributed by atoms with Gasteiger partial charge in [-0.2, -0.15) is 8.78 Å². The van der Waals surface area contributed by atoms with E-state index in [1.165, 1.54) is 0 Å². The number of amides is 2. The van der Waals surface area contributed by atoms with Crippen LogP contribution in [0.4, 0.5) is 25.0 Å². The summed E-state index contributed by atoms with van der Waals surface area (Å²) < 4.78 is 30.9. The average molecular weight is 355 g/mol. The zero-order valence-corrected chi connectivity index (χ0v) is 12.9. The lowest BCUT2D eigenvalue weighted by atomic mass is 10.2. The molecule has 0 aliphatic heterocycles. The number of rotatable bonds is 8. The third kappa shape index (κ3) is 5.71. The Kier molecular flexibility index (Phi) is 6.20. The molecule has 134 valence electrons. The number of aromatic nitrogens is 2. The van der Waals surface area contributed by atoms with Crippen molar-refractivity contribution in [2.75, 3.05) is 11.9 Å². The van der Waals surface area contributed by atoms with Crippen LogP contribution in [0, 0.1) is 10.1 Å². The zero-order valence-electron chi connectivity index (χ0n) is 12.9. The molecule has 0 aliphatic rings. The van der Waals surface area contributed by atoms with E-state index in [-0.39, 0.29) is 17.1 Å². The van der Waals surface area contributed by atoms with Crippen LogP contribution >= 0.6 is 0 Å². The van der Waals surface area contributed by atoms with E-state index in [2.05, 4.69) is 20.4 Å². The molecule has 0 saturated carbocycles. The topological polar surface area (TPSA) is 111 Å². The van der Waals surface area contributed by atoms with E-state index in [1.54, 1.807) is 18.7 Å². The van der Waals surface area contributed by atoms with Crippen molar-refractivity contribution in [3.63, 3.8) is 0 Å². The van der Waals surface area contributed by atoms with Crippen molar-refractivity contribution >= 4 is 17.4 Å². The lowest BCUT2D eigenvalue weighted by Crippen LogP contribution is -2.30. The van der Waals surface area contributed by atoms with Crippen molar-refractivity contribution in [2.45, 2.75) is 19.6 Å². The van der Waals surface area contributed by atoms with E-state index in [9.17, 15) is 23.7 Å². The van der Waals surface area contributed by atoms with E-state index in [0.29, 0.717) is 19.5 Å². The highest BCUT2D eigenvalue weighted by molar-refractivity contribution is 5.91. The maximum Gasteiger partial charge on any atom is 0.387 e. The Labute approximate surface area is 140 Å². The Morgan fingerprint density at radius 3 is 2.88 bits per heavy atom. The Morgan fingerprint density at radius 2 is 2.24 bits per heavy atom. The second-order valence-corrected chi connectivity index (χ2v) is 4.85. The number of nitrogens with zero attached hydrogens (tertiary/aromatic N) is 3. The molecule has 2 N–H and O–H groups in total. The molecule has 25 heavy (non-hydrogen) atoms. The van der Waals surface area contributed by atoms with E-state index < -0.39 is 17.6 Å². The molecule has 0 bridgehead atoms. The minimum atomic E-state index is -3.12. The molecular weight excluding hydrogens is 340 g/mol. The molecule has 9 nitrogen and oxygen atoms in total. The first-order valence-electron chi connectivity index (χ1n) is 7.19. The Balaban J connectivity index is 1.92. The molecule has 0 atom stereocenters. The Hall–Kier alpha value is -3.24. The van der Waals surface area contributed by atoms with Gasteiger partial charge in [-0.15, -0.1) is 0 Å². The second-order valence-electron chi connectivity index (χ2n) is 4.85. The summed E-state index contributed by atoms with van der Waals surface area (Å²) in [5, 5.41) is 15.6. The molecule has 1 aromatic carbocycles. The van der Waals surface area contributed by atoms with Gasteiger partial charge in [0.1, 0.15) is 5.75 Å². The number of anilines is 1. The fourth-order valence-corrected chi connectivity index (χ4v) is 1.98. The van der Waals surface area contributed by atoms with Crippen LogP contribution in [0.1, 0.15) is 6.42 Å². The van der Waals surface area contributed by atoms with Gasteiger partial charge in [-0.25, -0.2) is 9.78 Å². The van der Waals surface area contributed by atoms with E-state index >= 15 is 0 Å². The fraction of sp³-hybridized carbons (Fsp3) is 0.286. The number of nitrogens with one attached hydrogen (secondary N) is 2. The smallest absolute Gasteiger partial charge is 0.387 e. The number of ether oxygens (including phenoxy) is 1. The molecule has 1 heterocycles. The highest BCUT2D eigenvalue weighted by Gasteiger charge is 2.16. The van der Waals surface area contributed by atoms with Gasteiger partial charge in [0.15, 0.2) is 0 Å². The first kappa shape index (κ1) is 18.1. The molecule has 2 rings (SSSR count). The maximum atomic E-state index is 12.4. The van der Waals surface area contributed by atoms with Gasteiger partial charge in [0.2, 0.25) is 0 Å². The van der Waals surface area contributed by atoms with Crippen LogP contribution < -0.4 is 15.4 Å². The molecule has 2 amide bonds. The number of imidazole rings is 1. The molecule has 2 aromatic rings. The molecule has 0 radical (unpaired) electrons. The van der Waals surface area contributed by atoms with Gasteiger partial charge in [-0.1, -0.05) is 0 Å². The monoisotopic (exact) mass is 355 g/mol. The van der Waals surface area contributed by atoms with Crippen molar-refractivity contribution in [2.24, 2.45) is 0 Å². The number of halogens is 2. The number of nitro groups is 1. The third-order valence-electron chi connectivity index (χ3n) is 3.08. The summed E-state index contributed by atoms with van der Waals surface area (Å²) in [4.78, 5) is 25.8. The highest BCUT2D eigenvalue weighted by Crippen LogP contribution is 2.30. The number of urea groups is 1. The van der Waals surface area contributed by atoms with Gasteiger partial charge in [0.25, 0.3) is 5.69 Å². The lowest BCUT2D eigenvalue weighted by molar-refractivity contribution is -0.384. The summed E-state index contributed by atoms with van der Waals surface area (Å²) in [5.74, 6) is -0.367. The van der Waals surface area contributed by atoms with Crippen LogP contribution in [-0.2, 0) is 6.54 Å². The van der Waals surface area contributed by atoms with Gasteiger partial charge < -0.3 is 19.9 Å². The molecule has 11 heteroatoms. The predicted molar refractivity (Wildman–Crippen MR) is 83.6 cm³/mol. The van der Waals surface area contributed by atoms with E-state index in [4.69, 9.17) is 0 Å². The number of alkyl halides is 2. The van der Waals surface area contributed by atoms with Crippen LogP contribution in [0.3, 0.4) is 0 Å². The number of benzene rings is 1. The van der Waals surface area contributed by atoms with Gasteiger partial charge in [-0.05, 0) is 12.5 Å². The average Bonchev–Trinajstić information content (AvgIpc) is 3.06. The van der Waals surface area contributed by atoms with Crippen molar-refractivity contribution < 1.29 is 23.2 Å². The third-order valence-corrected chi connectivity index (χ3v) is 3.08. The summed E-state index contributed by atoms with van der Waals surface area (Å²) in [6.07, 6.45) is 5.65. The Morgan fingerprint density at radius 1 is 1.44 bits per heavy atom. The number of aryl methyl sites for hydroxylation is 1. The molecular formula is C14H15F2N5O4. The number of nitro benzene ring substituents is 1. The summed E-state index contributed by atoms with van der Waals surface area (Å²) in [6.45, 7) is -2.18. The van der Waals surface area contributed by atoms with Gasteiger partial charge in [0, 0.05) is 37.6 Å². The first-order valence-corrected chi connectivity index (χ1v) is 7.19. The van der Waals surface area contributed by atoms with Gasteiger partial charge in [0.05, 0.1) is 16.9 Å². The van der Waals surface area contributed by atoms with Crippen LogP contribution in [0.25, 0.3) is 0 Å². The minimum absolute atomic E-state index is 0.221. The zero-order chi connectivity index (χ0) is 18.2. The predicted octanol–water partition coefficient (Wildman–Crippen LogP) is 2.60. The lowest BCUT2D eigenvalue weighted by Gasteiger charge is -2.12. The highest BCUT2D eigenvalue weighted by atomic mass is 19.3. The summed E-state index contributed by atoms with van der Waals surface area (Å²) in [5.41, 5.74) is -0.585. The van der Waals surface area contributed by atoms with Gasteiger partial charge in [-0.3, -0.25) is 10.1 Å². The molecule has 0 aliphatic carbocycles. The normalized spacial score (nSPS) is 10.5. The fourth-order valence-electron chi connectivity index (χ4n) is 1.98. The van der Waals surface area contributed by atoms with Crippen molar-refractivity contribution in [3.8, 4) is 5.75 Å². The van der Waals surface area contributed by atoms with Crippen LogP contribution in [0.2, 0.25) is 0 Å². The summed E-state index contributed by atoms with van der Waals surface area (Å²) >= 11 is 0. The molecule has 0 unspecified atom stereocenters. The summed E-state index contributed by atoms with van der Waals surface area (Å²) in [6, 6.07) is 2.26. The minimum Gasteiger partial charge on any atom is -0.433 e. The van der Waals surface area contributed by atoms with Crippen molar-refractivity contribution in [3.05, 3.63) is 47.0 Å². The largest absolute Gasteiger partial charge is 0.433 e. The maximum absolute atomic E-state index is 12.4. The number of carbonyl (C=O) groups excluding carboxylic acids is 1. The van der Waals surface area contributed by atoms with Crippen LogP contribution in [0.5, 0.6) is 5.75 Å². The number of carbonyl (C=O) groups is 1. The number of hydrogen-bond donors (Lipinski definition) is 2. The molecule has 0 spiro atoms. The number of hydrogen-bond acceptors (Lipinski definition) is 5.